The van der Waals surface area contributed by atoms with E-state index in [1.165, 1.54) is 12.0 Å². The Bertz CT molecular complexity index is 490. The first-order valence-corrected chi connectivity index (χ1v) is 6.24. The van der Waals surface area contributed by atoms with Crippen LogP contribution in [0, 0.1) is 6.92 Å². The second kappa shape index (κ2) is 5.04. The van der Waals surface area contributed by atoms with Crippen molar-refractivity contribution in [3.05, 3.63) is 35.4 Å². The van der Waals surface area contributed by atoms with Crippen LogP contribution < -0.4 is 5.32 Å². The van der Waals surface area contributed by atoms with Gasteiger partial charge in [-0.3, -0.25) is 9.63 Å². The molecule has 0 spiro atoms. The van der Waals surface area contributed by atoms with Crippen LogP contribution in [0.25, 0.3) is 0 Å². The monoisotopic (exact) mass is 264 g/mol. The summed E-state index contributed by atoms with van der Waals surface area (Å²) in [6, 6.07) is 7.85. The lowest BCUT2D eigenvalue weighted by Gasteiger charge is -2.39. The van der Waals surface area contributed by atoms with Crippen LogP contribution in [0.2, 0.25) is 0 Å². The zero-order valence-corrected chi connectivity index (χ0v) is 11.5. The summed E-state index contributed by atoms with van der Waals surface area (Å²) in [6.45, 7) is 5.30. The molecule has 0 bridgehead atoms. The number of amides is 1. The Kier molecular flexibility index (Phi) is 3.63. The molecule has 5 heteroatoms. The summed E-state index contributed by atoms with van der Waals surface area (Å²) in [7, 11) is 0. The van der Waals surface area contributed by atoms with Crippen molar-refractivity contribution in [1.82, 2.24) is 10.4 Å². The molecule has 1 aliphatic heterocycles. The molecule has 18 heavy (non-hydrogen) atoms. The third kappa shape index (κ3) is 2.37. The molecule has 1 aromatic rings. The number of rotatable bonds is 1. The van der Waals surface area contributed by atoms with E-state index in [2.05, 4.69) is 5.32 Å². The van der Waals surface area contributed by atoms with Crippen LogP contribution in [-0.2, 0) is 9.63 Å². The minimum Gasteiger partial charge on any atom is -0.352 e. The Hall–Kier alpha value is -1.46. The average molecular weight is 264 g/mol. The van der Waals surface area contributed by atoms with Crippen molar-refractivity contribution in [3.63, 3.8) is 0 Å². The molecule has 0 unspecified atom stereocenters. The normalized spacial score (nSPS) is 23.7. The van der Waals surface area contributed by atoms with Gasteiger partial charge in [-0.25, -0.2) is 0 Å². The van der Waals surface area contributed by atoms with Crippen molar-refractivity contribution in [2.24, 2.45) is 0 Å². The molecule has 2 rings (SSSR count). The number of benzene rings is 1. The minimum atomic E-state index is -0.354. The van der Waals surface area contributed by atoms with Gasteiger partial charge in [0.05, 0.1) is 0 Å². The van der Waals surface area contributed by atoms with E-state index in [0.29, 0.717) is 4.99 Å². The molecule has 1 aromatic carbocycles. The van der Waals surface area contributed by atoms with Gasteiger partial charge in [0.25, 0.3) is 0 Å². The molecule has 0 aromatic heterocycles. The molecule has 0 radical (unpaired) electrons. The van der Waals surface area contributed by atoms with Gasteiger partial charge in [-0.1, -0.05) is 36.5 Å². The van der Waals surface area contributed by atoms with Crippen LogP contribution in [0.3, 0.4) is 0 Å². The highest BCUT2D eigenvalue weighted by molar-refractivity contribution is 7.80. The average Bonchev–Trinajstić information content (AvgIpc) is 2.32. The molecule has 1 amide bonds. The maximum absolute atomic E-state index is 11.7. The van der Waals surface area contributed by atoms with E-state index in [-0.39, 0.29) is 18.2 Å². The maximum atomic E-state index is 11.7. The quantitative estimate of drug-likeness (QED) is 0.789. The Balaban J connectivity index is 2.37. The topological polar surface area (TPSA) is 41.6 Å². The molecule has 1 N–H and O–H groups in total. The lowest BCUT2D eigenvalue weighted by atomic mass is 10.1. The van der Waals surface area contributed by atoms with E-state index in [1.54, 1.807) is 0 Å². The Morgan fingerprint density at radius 3 is 2.72 bits per heavy atom. The van der Waals surface area contributed by atoms with Gasteiger partial charge in [0.2, 0.25) is 5.91 Å². The van der Waals surface area contributed by atoms with Crippen molar-refractivity contribution in [2.75, 3.05) is 0 Å². The Morgan fingerprint density at radius 1 is 1.44 bits per heavy atom. The van der Waals surface area contributed by atoms with Gasteiger partial charge >= 0.3 is 0 Å². The second-order valence-electron chi connectivity index (χ2n) is 4.36. The summed E-state index contributed by atoms with van der Waals surface area (Å²) in [5, 5.41) is 4.52. The molecule has 1 fully saturated rings. The lowest BCUT2D eigenvalue weighted by molar-refractivity contribution is -0.217. The third-order valence-corrected chi connectivity index (χ3v) is 3.40. The van der Waals surface area contributed by atoms with Crippen molar-refractivity contribution in [2.45, 2.75) is 33.0 Å². The van der Waals surface area contributed by atoms with Gasteiger partial charge < -0.3 is 5.32 Å². The van der Waals surface area contributed by atoms with Crippen LogP contribution in [0.5, 0.6) is 0 Å². The summed E-state index contributed by atoms with van der Waals surface area (Å²) in [6.07, 6.45) is -0.642. The Labute approximate surface area is 112 Å². The number of nitrogens with zero attached hydrogens (tertiary/aromatic N) is 1. The van der Waals surface area contributed by atoms with Gasteiger partial charge in [-0.2, -0.15) is 5.06 Å². The molecular weight excluding hydrogens is 248 g/mol. The predicted molar refractivity (Wildman–Crippen MR) is 72.7 cm³/mol. The number of hydroxylamine groups is 2. The molecule has 1 aliphatic rings. The molecule has 4 nitrogen and oxygen atoms in total. The van der Waals surface area contributed by atoms with Gasteiger partial charge in [-0.05, 0) is 25.0 Å². The highest BCUT2D eigenvalue weighted by Gasteiger charge is 2.33. The number of carbonyl (C=O) groups is 1. The predicted octanol–water partition coefficient (Wildman–Crippen LogP) is 2.09. The summed E-state index contributed by atoms with van der Waals surface area (Å²) in [4.78, 5) is 17.8. The minimum absolute atomic E-state index is 0.148. The second-order valence-corrected chi connectivity index (χ2v) is 4.80. The standard InChI is InChI=1S/C13H16N2O2S/c1-8-6-4-5-7-11(8)12-14-13(18)9(2)17-15(12)10(3)16/h4-7,9,12H,1-3H3,(H,14,18)/t9-,12+/m0/s1. The van der Waals surface area contributed by atoms with E-state index in [1.807, 2.05) is 38.1 Å². The fourth-order valence-corrected chi connectivity index (χ4v) is 2.10. The van der Waals surface area contributed by atoms with E-state index in [9.17, 15) is 4.79 Å². The van der Waals surface area contributed by atoms with Gasteiger partial charge in [0.1, 0.15) is 11.1 Å². The molecule has 96 valence electrons. The number of hydrogen-bond acceptors (Lipinski definition) is 3. The van der Waals surface area contributed by atoms with Gasteiger partial charge in [-0.15, -0.1) is 0 Å². The lowest BCUT2D eigenvalue weighted by Crippen LogP contribution is -2.54. The molecule has 0 saturated carbocycles. The number of hydrogen-bond donors (Lipinski definition) is 1. The van der Waals surface area contributed by atoms with Crippen molar-refractivity contribution in [1.29, 1.82) is 0 Å². The van der Waals surface area contributed by atoms with E-state index >= 15 is 0 Å². The first-order chi connectivity index (χ1) is 8.50. The van der Waals surface area contributed by atoms with Crippen molar-refractivity contribution >= 4 is 23.1 Å². The molecule has 2 atom stereocenters. The molecule has 0 aliphatic carbocycles. The zero-order valence-electron chi connectivity index (χ0n) is 10.6. The number of carbonyl (C=O) groups excluding carboxylic acids is 1. The summed E-state index contributed by atoms with van der Waals surface area (Å²) in [5.74, 6) is -0.148. The summed E-state index contributed by atoms with van der Waals surface area (Å²) >= 11 is 5.21. The van der Waals surface area contributed by atoms with E-state index in [0.717, 1.165) is 11.1 Å². The van der Waals surface area contributed by atoms with Crippen LogP contribution >= 0.6 is 12.2 Å². The summed E-state index contributed by atoms with van der Waals surface area (Å²) < 4.78 is 0. The molecule has 1 saturated heterocycles. The first-order valence-electron chi connectivity index (χ1n) is 5.83. The highest BCUT2D eigenvalue weighted by Crippen LogP contribution is 2.26. The zero-order chi connectivity index (χ0) is 13.3. The van der Waals surface area contributed by atoms with Crippen LogP contribution in [0.15, 0.2) is 24.3 Å². The molecular formula is C13H16N2O2S. The highest BCUT2D eigenvalue weighted by atomic mass is 32.1. The maximum Gasteiger partial charge on any atom is 0.245 e. The third-order valence-electron chi connectivity index (χ3n) is 2.95. The first kappa shape index (κ1) is 13.0. The Morgan fingerprint density at radius 2 is 2.11 bits per heavy atom. The van der Waals surface area contributed by atoms with Crippen molar-refractivity contribution in [3.8, 4) is 0 Å². The van der Waals surface area contributed by atoms with Crippen LogP contribution in [-0.4, -0.2) is 22.1 Å². The van der Waals surface area contributed by atoms with Crippen molar-refractivity contribution < 1.29 is 9.63 Å². The van der Waals surface area contributed by atoms with E-state index in [4.69, 9.17) is 17.1 Å². The van der Waals surface area contributed by atoms with Crippen LogP contribution in [0.1, 0.15) is 31.1 Å². The van der Waals surface area contributed by atoms with E-state index < -0.39 is 0 Å². The van der Waals surface area contributed by atoms with Gasteiger partial charge in [0.15, 0.2) is 6.17 Å². The number of nitrogens with one attached hydrogen (secondary N) is 1. The SMILES string of the molecule is CC(=O)N1O[C@@H](C)C(=S)N[C@H]1c1ccccc1C. The fourth-order valence-electron chi connectivity index (χ4n) is 1.94. The number of aryl methyl sites for hydroxylation is 1. The fraction of sp³-hybridized carbons (Fsp3) is 0.385. The molecule has 1 heterocycles. The summed E-state index contributed by atoms with van der Waals surface area (Å²) in [5.41, 5.74) is 2.07. The van der Waals surface area contributed by atoms with Crippen LogP contribution in [0.4, 0.5) is 0 Å². The number of thiocarbonyl (C=S) groups is 1. The largest absolute Gasteiger partial charge is 0.352 e. The smallest absolute Gasteiger partial charge is 0.245 e. The van der Waals surface area contributed by atoms with Gasteiger partial charge in [0, 0.05) is 6.92 Å².